The number of alkyl halides is 3. The summed E-state index contributed by atoms with van der Waals surface area (Å²) in [7, 11) is 0. The van der Waals surface area contributed by atoms with Crippen molar-refractivity contribution < 1.29 is 22.7 Å². The Bertz CT molecular complexity index is 1110. The Labute approximate surface area is 182 Å². The van der Waals surface area contributed by atoms with Gasteiger partial charge in [0.05, 0.1) is 11.6 Å². The Kier molecular flexibility index (Phi) is 5.72. The highest BCUT2D eigenvalue weighted by atomic mass is 19.4. The van der Waals surface area contributed by atoms with E-state index in [1.807, 2.05) is 30.9 Å². The summed E-state index contributed by atoms with van der Waals surface area (Å²) in [5.74, 6) is 0.754. The first-order valence-corrected chi connectivity index (χ1v) is 9.91. The van der Waals surface area contributed by atoms with Crippen LogP contribution < -0.4 is 15.0 Å². The lowest BCUT2D eigenvalue weighted by molar-refractivity contribution is -0.274. The number of carbonyl (C=O) groups excluding carboxylic acids is 1. The van der Waals surface area contributed by atoms with Crippen molar-refractivity contribution in [1.82, 2.24) is 25.1 Å². The molecular formula is C21H21F3N6O2. The molecule has 0 atom stereocenters. The molecular weight excluding hydrogens is 425 g/mol. The molecule has 168 valence electrons. The van der Waals surface area contributed by atoms with Crippen LogP contribution in [0.1, 0.15) is 17.0 Å². The SMILES string of the molecule is Cc1cc(C)n(-c2cc(N3CC(C(=O)NCc4ccc(OC(F)(F)F)cc4)C3)ncn2)n1. The van der Waals surface area contributed by atoms with E-state index >= 15 is 0 Å². The van der Waals surface area contributed by atoms with E-state index < -0.39 is 6.36 Å². The molecule has 0 bridgehead atoms. The first kappa shape index (κ1) is 21.6. The number of nitrogens with zero attached hydrogens (tertiary/aromatic N) is 5. The molecule has 0 radical (unpaired) electrons. The van der Waals surface area contributed by atoms with Gasteiger partial charge in [-0.2, -0.15) is 5.10 Å². The van der Waals surface area contributed by atoms with Crippen molar-refractivity contribution in [3.05, 3.63) is 59.7 Å². The number of anilines is 1. The zero-order chi connectivity index (χ0) is 22.9. The molecule has 11 heteroatoms. The third kappa shape index (κ3) is 4.98. The summed E-state index contributed by atoms with van der Waals surface area (Å²) >= 11 is 0. The third-order valence-corrected chi connectivity index (χ3v) is 5.06. The Balaban J connectivity index is 1.29. The molecule has 4 rings (SSSR count). The molecule has 3 aromatic rings. The number of halogens is 3. The van der Waals surface area contributed by atoms with E-state index in [9.17, 15) is 18.0 Å². The zero-order valence-electron chi connectivity index (χ0n) is 17.4. The topological polar surface area (TPSA) is 85.2 Å². The summed E-state index contributed by atoms with van der Waals surface area (Å²) in [6, 6.07) is 9.19. The molecule has 0 unspecified atom stereocenters. The largest absolute Gasteiger partial charge is 0.573 e. The van der Waals surface area contributed by atoms with Crippen molar-refractivity contribution >= 4 is 11.7 Å². The third-order valence-electron chi connectivity index (χ3n) is 5.06. The predicted molar refractivity (Wildman–Crippen MR) is 109 cm³/mol. The number of hydrogen-bond donors (Lipinski definition) is 1. The van der Waals surface area contributed by atoms with Crippen LogP contribution in [0.4, 0.5) is 19.0 Å². The highest BCUT2D eigenvalue weighted by Gasteiger charge is 2.34. The maximum Gasteiger partial charge on any atom is 0.573 e. The number of rotatable bonds is 6. The molecule has 1 aliphatic rings. The normalized spacial score (nSPS) is 14.2. The fourth-order valence-electron chi connectivity index (χ4n) is 3.46. The van der Waals surface area contributed by atoms with E-state index in [1.54, 1.807) is 4.68 Å². The van der Waals surface area contributed by atoms with Crippen molar-refractivity contribution in [2.45, 2.75) is 26.8 Å². The second kappa shape index (κ2) is 8.48. The lowest BCUT2D eigenvalue weighted by atomic mass is 9.99. The Morgan fingerprint density at radius 3 is 2.44 bits per heavy atom. The molecule has 8 nitrogen and oxygen atoms in total. The molecule has 0 aliphatic carbocycles. The van der Waals surface area contributed by atoms with Crippen LogP contribution in [0.15, 0.2) is 42.7 Å². The minimum atomic E-state index is -4.73. The van der Waals surface area contributed by atoms with Gasteiger partial charge in [-0.25, -0.2) is 14.6 Å². The zero-order valence-corrected chi connectivity index (χ0v) is 17.4. The van der Waals surface area contributed by atoms with Crippen LogP contribution in [0.2, 0.25) is 0 Å². The molecule has 0 saturated carbocycles. The van der Waals surface area contributed by atoms with Crippen LogP contribution in [-0.2, 0) is 11.3 Å². The molecule has 1 amide bonds. The van der Waals surface area contributed by atoms with Gasteiger partial charge in [-0.05, 0) is 37.6 Å². The van der Waals surface area contributed by atoms with Gasteiger partial charge < -0.3 is 15.0 Å². The summed E-state index contributed by atoms with van der Waals surface area (Å²) < 4.78 is 42.2. The van der Waals surface area contributed by atoms with E-state index in [4.69, 9.17) is 0 Å². The van der Waals surface area contributed by atoms with Gasteiger partial charge in [-0.1, -0.05) is 12.1 Å². The minimum Gasteiger partial charge on any atom is -0.406 e. The first-order valence-electron chi connectivity index (χ1n) is 9.91. The van der Waals surface area contributed by atoms with Crippen molar-refractivity contribution in [3.63, 3.8) is 0 Å². The maximum atomic E-state index is 12.4. The molecule has 1 saturated heterocycles. The number of hydrogen-bond acceptors (Lipinski definition) is 6. The lowest BCUT2D eigenvalue weighted by Crippen LogP contribution is -2.54. The van der Waals surface area contributed by atoms with Crippen molar-refractivity contribution in [2.24, 2.45) is 5.92 Å². The monoisotopic (exact) mass is 446 g/mol. The summed E-state index contributed by atoms with van der Waals surface area (Å²) in [5.41, 5.74) is 2.53. The first-order chi connectivity index (χ1) is 15.2. The summed E-state index contributed by atoms with van der Waals surface area (Å²) in [6.07, 6.45) is -3.26. The molecule has 1 aromatic carbocycles. The second-order valence-electron chi connectivity index (χ2n) is 7.58. The van der Waals surface area contributed by atoms with Crippen LogP contribution in [0.5, 0.6) is 5.75 Å². The second-order valence-corrected chi connectivity index (χ2v) is 7.58. The molecule has 3 heterocycles. The Morgan fingerprint density at radius 2 is 1.81 bits per heavy atom. The van der Waals surface area contributed by atoms with E-state index in [-0.39, 0.29) is 24.1 Å². The van der Waals surface area contributed by atoms with Gasteiger partial charge in [0.25, 0.3) is 0 Å². The van der Waals surface area contributed by atoms with Crippen LogP contribution in [-0.4, -0.2) is 45.1 Å². The van der Waals surface area contributed by atoms with Crippen LogP contribution in [0.25, 0.3) is 5.82 Å². The summed E-state index contributed by atoms with van der Waals surface area (Å²) in [6.45, 7) is 5.10. The summed E-state index contributed by atoms with van der Waals surface area (Å²) in [5, 5.41) is 7.24. The van der Waals surface area contributed by atoms with Crippen LogP contribution >= 0.6 is 0 Å². The number of aryl methyl sites for hydroxylation is 2. The molecule has 0 spiro atoms. The van der Waals surface area contributed by atoms with Crippen LogP contribution in [0.3, 0.4) is 0 Å². The van der Waals surface area contributed by atoms with E-state index in [0.29, 0.717) is 30.3 Å². The van der Waals surface area contributed by atoms with E-state index in [2.05, 4.69) is 25.1 Å². The minimum absolute atomic E-state index is 0.121. The Morgan fingerprint density at radius 1 is 1.12 bits per heavy atom. The summed E-state index contributed by atoms with van der Waals surface area (Å²) in [4.78, 5) is 23.0. The highest BCUT2D eigenvalue weighted by Crippen LogP contribution is 2.25. The van der Waals surface area contributed by atoms with Gasteiger partial charge in [0.1, 0.15) is 17.9 Å². The van der Waals surface area contributed by atoms with Gasteiger partial charge in [0.2, 0.25) is 5.91 Å². The number of nitrogens with one attached hydrogen (secondary N) is 1. The van der Waals surface area contributed by atoms with Gasteiger partial charge in [-0.15, -0.1) is 13.2 Å². The van der Waals surface area contributed by atoms with Crippen molar-refractivity contribution in [2.75, 3.05) is 18.0 Å². The van der Waals surface area contributed by atoms with Gasteiger partial charge >= 0.3 is 6.36 Å². The Hall–Kier alpha value is -3.63. The van der Waals surface area contributed by atoms with Gasteiger partial charge in [0, 0.05) is 31.4 Å². The standard InChI is InChI=1S/C21H21F3N6O2/c1-13-7-14(2)30(28-13)19-8-18(26-12-27-19)29-10-16(11-29)20(31)25-9-15-3-5-17(6-4-15)32-21(22,23)24/h3-8,12,16H,9-11H2,1-2H3,(H,25,31). The molecule has 1 N–H and O–H groups in total. The fourth-order valence-corrected chi connectivity index (χ4v) is 3.46. The number of carbonyl (C=O) groups is 1. The van der Waals surface area contributed by atoms with Gasteiger partial charge in [-0.3, -0.25) is 4.79 Å². The number of benzene rings is 1. The van der Waals surface area contributed by atoms with Gasteiger partial charge in [0.15, 0.2) is 5.82 Å². The highest BCUT2D eigenvalue weighted by molar-refractivity contribution is 5.81. The lowest BCUT2D eigenvalue weighted by Gasteiger charge is -2.39. The van der Waals surface area contributed by atoms with Crippen LogP contribution in [0, 0.1) is 19.8 Å². The maximum absolute atomic E-state index is 12.4. The fraction of sp³-hybridized carbons (Fsp3) is 0.333. The predicted octanol–water partition coefficient (Wildman–Crippen LogP) is 2.93. The van der Waals surface area contributed by atoms with Crippen molar-refractivity contribution in [3.8, 4) is 11.6 Å². The number of aromatic nitrogens is 4. The quantitative estimate of drug-likeness (QED) is 0.627. The number of amides is 1. The molecule has 2 aromatic heterocycles. The average Bonchev–Trinajstić information content (AvgIpc) is 3.03. The van der Waals surface area contributed by atoms with E-state index in [1.165, 1.54) is 30.6 Å². The molecule has 32 heavy (non-hydrogen) atoms. The molecule has 1 fully saturated rings. The van der Waals surface area contributed by atoms with Crippen molar-refractivity contribution in [1.29, 1.82) is 0 Å². The van der Waals surface area contributed by atoms with E-state index in [0.717, 1.165) is 11.4 Å². The molecule has 1 aliphatic heterocycles. The smallest absolute Gasteiger partial charge is 0.406 e. The average molecular weight is 446 g/mol. The number of ether oxygens (including phenoxy) is 1.